The first-order valence-electron chi connectivity index (χ1n) is 14.9. The molecule has 0 bridgehead atoms. The van der Waals surface area contributed by atoms with Crippen molar-refractivity contribution in [3.05, 3.63) is 77.4 Å². The van der Waals surface area contributed by atoms with Crippen molar-refractivity contribution in [2.75, 3.05) is 43.0 Å². The molecule has 3 aromatic carbocycles. The van der Waals surface area contributed by atoms with Crippen molar-refractivity contribution in [1.29, 1.82) is 0 Å². The van der Waals surface area contributed by atoms with E-state index in [9.17, 15) is 26.8 Å². The molecular weight excluding hydrogens is 620 g/mol. The Morgan fingerprint density at radius 1 is 1.02 bits per heavy atom. The highest BCUT2D eigenvalue weighted by atomic mass is 32.2. The van der Waals surface area contributed by atoms with E-state index < -0.39 is 39.2 Å². The Morgan fingerprint density at radius 3 is 2.33 bits per heavy atom. The Bertz CT molecular complexity index is 1650. The molecule has 0 unspecified atom stereocenters. The molecule has 0 radical (unpaired) electrons. The normalized spacial score (nSPS) is 14.0. The Morgan fingerprint density at radius 2 is 1.72 bits per heavy atom. The van der Waals surface area contributed by atoms with Gasteiger partial charge in [0.2, 0.25) is 10.0 Å². The highest BCUT2D eigenvalue weighted by molar-refractivity contribution is 7.92. The fourth-order valence-corrected chi connectivity index (χ4v) is 5.82. The number of ether oxygens (including phenoxy) is 2. The number of hydrogen-bond donors (Lipinski definition) is 3. The summed E-state index contributed by atoms with van der Waals surface area (Å²) in [4.78, 5) is 28.8. The van der Waals surface area contributed by atoms with Crippen LogP contribution in [0.2, 0.25) is 0 Å². The zero-order valence-corrected chi connectivity index (χ0v) is 26.8. The van der Waals surface area contributed by atoms with Crippen molar-refractivity contribution < 1.29 is 36.3 Å². The molecule has 1 heterocycles. The van der Waals surface area contributed by atoms with Gasteiger partial charge in [0.15, 0.2) is 11.5 Å². The van der Waals surface area contributed by atoms with Crippen LogP contribution in [0.1, 0.15) is 48.5 Å². The summed E-state index contributed by atoms with van der Waals surface area (Å²) in [6.45, 7) is 4.66. The lowest BCUT2D eigenvalue weighted by atomic mass is 10.0. The van der Waals surface area contributed by atoms with E-state index in [1.165, 1.54) is 7.11 Å². The smallest absolute Gasteiger partial charge is 0.322 e. The number of primary amides is 1. The fraction of sp³-hybridized carbons (Fsp3) is 0.375. The summed E-state index contributed by atoms with van der Waals surface area (Å²) in [7, 11) is -1.96. The van der Waals surface area contributed by atoms with Crippen LogP contribution in [0.5, 0.6) is 17.2 Å². The number of piperidine rings is 1. The molecule has 0 atom stereocenters. The topological polar surface area (TPSA) is 143 Å². The molecule has 46 heavy (non-hydrogen) atoms. The van der Waals surface area contributed by atoms with Crippen LogP contribution in [-0.4, -0.2) is 69.2 Å². The summed E-state index contributed by atoms with van der Waals surface area (Å²) in [5, 5.41) is 2.51. The van der Waals surface area contributed by atoms with Crippen molar-refractivity contribution in [2.45, 2.75) is 45.2 Å². The lowest BCUT2D eigenvalue weighted by Gasteiger charge is -2.38. The van der Waals surface area contributed by atoms with E-state index in [0.29, 0.717) is 54.9 Å². The maximum atomic E-state index is 14.4. The summed E-state index contributed by atoms with van der Waals surface area (Å²) in [5.74, 6) is -1.73. The van der Waals surface area contributed by atoms with Crippen molar-refractivity contribution >= 4 is 33.3 Å². The Labute approximate surface area is 267 Å². The average molecular weight is 660 g/mol. The molecule has 4 N–H and O–H groups in total. The van der Waals surface area contributed by atoms with Gasteiger partial charge in [-0.15, -0.1) is 0 Å². The molecule has 0 saturated carbocycles. The molecule has 1 aliphatic rings. The van der Waals surface area contributed by atoms with Crippen LogP contribution in [-0.2, 0) is 16.6 Å². The van der Waals surface area contributed by atoms with Gasteiger partial charge in [-0.3, -0.25) is 14.4 Å². The summed E-state index contributed by atoms with van der Waals surface area (Å²) < 4.78 is 65.2. The first kappa shape index (κ1) is 34.4. The first-order chi connectivity index (χ1) is 21.9. The number of methoxy groups -OCH3 is 1. The lowest BCUT2D eigenvalue weighted by Crippen LogP contribution is -2.49. The van der Waals surface area contributed by atoms with Gasteiger partial charge < -0.3 is 25.4 Å². The number of urea groups is 1. The standard InChI is InChI=1S/C32H39F2N5O6S/c1-4-5-14-39(32(41)36-28-18-25(31(35)40)26(33)19-27(28)34)23-12-15-38(16-13-23)20-21-6-9-24(10-7-21)45-29-11-8-22(17-30(29)44-2)37-46(3,42)43/h6-11,17-19,23,37H,4-5,12-16,20H2,1-3H3,(H2,35,40)(H,36,41). The van der Waals surface area contributed by atoms with E-state index in [-0.39, 0.29) is 11.7 Å². The number of carbonyl (C=O) groups excluding carboxylic acids is 2. The van der Waals surface area contributed by atoms with Gasteiger partial charge in [0.05, 0.1) is 30.3 Å². The van der Waals surface area contributed by atoms with Crippen LogP contribution in [0.25, 0.3) is 0 Å². The van der Waals surface area contributed by atoms with Crippen molar-refractivity contribution in [2.24, 2.45) is 5.73 Å². The van der Waals surface area contributed by atoms with Crippen LogP contribution in [0, 0.1) is 11.6 Å². The summed E-state index contributed by atoms with van der Waals surface area (Å²) in [6, 6.07) is 13.3. The minimum Gasteiger partial charge on any atom is -0.493 e. The lowest BCUT2D eigenvalue weighted by molar-refractivity contribution is 0.0996. The number of anilines is 2. The third-order valence-electron chi connectivity index (χ3n) is 7.60. The number of nitrogens with zero attached hydrogens (tertiary/aromatic N) is 2. The van der Waals surface area contributed by atoms with Crippen LogP contribution in [0.3, 0.4) is 0 Å². The zero-order valence-electron chi connectivity index (χ0n) is 26.0. The zero-order chi connectivity index (χ0) is 33.4. The predicted molar refractivity (Wildman–Crippen MR) is 172 cm³/mol. The van der Waals surface area contributed by atoms with E-state index in [0.717, 1.165) is 43.8 Å². The highest BCUT2D eigenvalue weighted by Crippen LogP contribution is 2.34. The molecule has 11 nitrogen and oxygen atoms in total. The fourth-order valence-electron chi connectivity index (χ4n) is 5.27. The van der Waals surface area contributed by atoms with E-state index in [2.05, 4.69) is 14.9 Å². The maximum Gasteiger partial charge on any atom is 0.322 e. The summed E-state index contributed by atoms with van der Waals surface area (Å²) >= 11 is 0. The number of benzene rings is 3. The Balaban J connectivity index is 1.34. The van der Waals surface area contributed by atoms with Gasteiger partial charge in [-0.2, -0.15) is 0 Å². The second-order valence-electron chi connectivity index (χ2n) is 11.1. The number of likely N-dealkylation sites (tertiary alicyclic amines) is 1. The highest BCUT2D eigenvalue weighted by Gasteiger charge is 2.28. The van der Waals surface area contributed by atoms with Gasteiger partial charge in [0.25, 0.3) is 5.91 Å². The second kappa shape index (κ2) is 15.2. The van der Waals surface area contributed by atoms with Gasteiger partial charge >= 0.3 is 6.03 Å². The molecule has 3 aromatic rings. The van der Waals surface area contributed by atoms with E-state index in [4.69, 9.17) is 15.2 Å². The molecule has 0 aromatic heterocycles. The van der Waals surface area contributed by atoms with E-state index in [1.54, 1.807) is 23.1 Å². The van der Waals surface area contributed by atoms with Crippen LogP contribution in [0.4, 0.5) is 25.0 Å². The number of halogens is 2. The minimum atomic E-state index is -3.43. The van der Waals surface area contributed by atoms with E-state index >= 15 is 0 Å². The molecule has 0 aliphatic carbocycles. The second-order valence-corrected chi connectivity index (χ2v) is 12.9. The summed E-state index contributed by atoms with van der Waals surface area (Å²) in [5.41, 5.74) is 5.82. The first-order valence-corrected chi connectivity index (χ1v) is 16.8. The number of sulfonamides is 1. The SMILES string of the molecule is CCCCN(C(=O)Nc1cc(C(N)=O)c(F)cc1F)C1CCN(Cc2ccc(Oc3ccc(NS(C)(=O)=O)cc3OC)cc2)CC1. The molecule has 3 amide bonds. The molecule has 248 valence electrons. The number of carbonyl (C=O) groups is 2. The maximum absolute atomic E-state index is 14.4. The van der Waals surface area contributed by atoms with Gasteiger partial charge in [-0.25, -0.2) is 22.0 Å². The largest absolute Gasteiger partial charge is 0.493 e. The Kier molecular flexibility index (Phi) is 11.4. The molecule has 1 fully saturated rings. The number of rotatable bonds is 13. The van der Waals surface area contributed by atoms with E-state index in [1.807, 2.05) is 31.2 Å². The Hall–Kier alpha value is -4.43. The third kappa shape index (κ3) is 9.30. The quantitative estimate of drug-likeness (QED) is 0.219. The predicted octanol–water partition coefficient (Wildman–Crippen LogP) is 5.53. The molecule has 1 aliphatic heterocycles. The van der Waals surface area contributed by atoms with Crippen molar-refractivity contribution in [3.8, 4) is 17.2 Å². The molecule has 4 rings (SSSR count). The van der Waals surface area contributed by atoms with Crippen LogP contribution >= 0.6 is 0 Å². The molecule has 14 heteroatoms. The molecule has 1 saturated heterocycles. The van der Waals surface area contributed by atoms with Crippen LogP contribution in [0.15, 0.2) is 54.6 Å². The van der Waals surface area contributed by atoms with Crippen LogP contribution < -0.4 is 25.2 Å². The number of unbranched alkanes of at least 4 members (excludes halogenated alkanes) is 1. The number of hydrogen-bond acceptors (Lipinski definition) is 7. The van der Waals surface area contributed by atoms with Gasteiger partial charge in [0, 0.05) is 44.4 Å². The summed E-state index contributed by atoms with van der Waals surface area (Å²) in [6.07, 6.45) is 4.10. The van der Waals surface area contributed by atoms with Gasteiger partial charge in [0.1, 0.15) is 17.4 Å². The average Bonchev–Trinajstić information content (AvgIpc) is 3.00. The third-order valence-corrected chi connectivity index (χ3v) is 8.21. The number of nitrogens with one attached hydrogen (secondary N) is 2. The van der Waals surface area contributed by atoms with Crippen molar-refractivity contribution in [1.82, 2.24) is 9.80 Å². The van der Waals surface area contributed by atoms with Gasteiger partial charge in [-0.05, 0) is 55.2 Å². The van der Waals surface area contributed by atoms with Crippen molar-refractivity contribution in [3.63, 3.8) is 0 Å². The van der Waals surface area contributed by atoms with Gasteiger partial charge in [-0.1, -0.05) is 25.5 Å². The molecular formula is C32H39F2N5O6S. The molecule has 0 spiro atoms. The number of amides is 3. The minimum absolute atomic E-state index is 0.0771. The number of nitrogens with two attached hydrogens (primary N) is 1. The monoisotopic (exact) mass is 659 g/mol.